The number of nitrogens with zero attached hydrogens (tertiary/aromatic N) is 5. The second-order valence-electron chi connectivity index (χ2n) is 6.48. The highest BCUT2D eigenvalue weighted by molar-refractivity contribution is 7.98. The van der Waals surface area contributed by atoms with Crippen LogP contribution >= 0.6 is 11.8 Å². The van der Waals surface area contributed by atoms with Crippen LogP contribution in [0.1, 0.15) is 27.6 Å². The van der Waals surface area contributed by atoms with E-state index in [0.29, 0.717) is 28.6 Å². The van der Waals surface area contributed by atoms with Crippen molar-refractivity contribution in [2.45, 2.75) is 24.5 Å². The quantitative estimate of drug-likeness (QED) is 0.468. The van der Waals surface area contributed by atoms with E-state index < -0.39 is 11.7 Å². The number of carbonyl (C=O) groups excluding carboxylic acids is 1. The van der Waals surface area contributed by atoms with Gasteiger partial charge in [-0.3, -0.25) is 4.79 Å². The van der Waals surface area contributed by atoms with Gasteiger partial charge in [0.15, 0.2) is 5.82 Å². The van der Waals surface area contributed by atoms with Gasteiger partial charge in [0.25, 0.3) is 5.91 Å². The fourth-order valence-corrected chi connectivity index (χ4v) is 3.74. The number of thioether (sulfide) groups is 1. The molecule has 0 aliphatic rings. The minimum Gasteiger partial charge on any atom is -0.360 e. The highest BCUT2D eigenvalue weighted by Crippen LogP contribution is 2.28. The molecule has 0 saturated carbocycles. The molecule has 0 fully saturated rings. The van der Waals surface area contributed by atoms with Crippen LogP contribution in [0.5, 0.6) is 0 Å². The fourth-order valence-electron chi connectivity index (χ4n) is 2.81. The molecule has 1 N–H and O–H groups in total. The summed E-state index contributed by atoms with van der Waals surface area (Å²) in [7, 11) is 0. The number of aryl methyl sites for hydroxylation is 2. The molecule has 0 radical (unpaired) electrons. The summed E-state index contributed by atoms with van der Waals surface area (Å²) in [6.07, 6.45) is 0. The van der Waals surface area contributed by atoms with Gasteiger partial charge < -0.3 is 9.84 Å². The molecule has 0 aliphatic heterocycles. The number of carbonyl (C=O) groups is 1. The van der Waals surface area contributed by atoms with Crippen molar-refractivity contribution in [3.05, 3.63) is 77.2 Å². The van der Waals surface area contributed by atoms with Crippen LogP contribution in [0.25, 0.3) is 5.69 Å². The van der Waals surface area contributed by atoms with Crippen molar-refractivity contribution in [1.82, 2.24) is 25.4 Å². The second-order valence-corrected chi connectivity index (χ2v) is 7.49. The van der Waals surface area contributed by atoms with E-state index in [1.54, 1.807) is 19.1 Å². The minimum atomic E-state index is -0.555. The number of anilines is 1. The Labute approximate surface area is 175 Å². The predicted octanol–water partition coefficient (Wildman–Crippen LogP) is 3.95. The van der Waals surface area contributed by atoms with E-state index >= 15 is 0 Å². The van der Waals surface area contributed by atoms with E-state index in [4.69, 9.17) is 4.52 Å². The Morgan fingerprint density at radius 2 is 2.03 bits per heavy atom. The van der Waals surface area contributed by atoms with Crippen LogP contribution in [0.4, 0.5) is 10.1 Å². The average molecular weight is 424 g/mol. The van der Waals surface area contributed by atoms with Gasteiger partial charge in [0, 0.05) is 11.0 Å². The number of halogens is 1. The third kappa shape index (κ3) is 4.23. The highest BCUT2D eigenvalue weighted by Gasteiger charge is 2.16. The molecule has 8 nitrogen and oxygen atoms in total. The number of nitrogens with one attached hydrogen (secondary N) is 1. The maximum atomic E-state index is 14.4. The Bertz CT molecular complexity index is 1210. The molecule has 0 bridgehead atoms. The summed E-state index contributed by atoms with van der Waals surface area (Å²) >= 11 is 1.44. The molecule has 4 aromatic rings. The first-order chi connectivity index (χ1) is 14.5. The smallest absolute Gasteiger partial charge is 0.256 e. The molecule has 0 unspecified atom stereocenters. The molecule has 1 amide bonds. The Kier molecular flexibility index (Phi) is 5.57. The van der Waals surface area contributed by atoms with Crippen molar-refractivity contribution in [1.29, 1.82) is 0 Å². The zero-order chi connectivity index (χ0) is 21.1. The Balaban J connectivity index is 1.55. The summed E-state index contributed by atoms with van der Waals surface area (Å²) in [5, 5.41) is 17.8. The first kappa shape index (κ1) is 19.8. The van der Waals surface area contributed by atoms with Gasteiger partial charge in [0.05, 0.1) is 28.4 Å². The molecule has 0 atom stereocenters. The van der Waals surface area contributed by atoms with Crippen LogP contribution < -0.4 is 5.32 Å². The lowest BCUT2D eigenvalue weighted by Gasteiger charge is -2.11. The number of rotatable bonds is 6. The van der Waals surface area contributed by atoms with Gasteiger partial charge in [0.1, 0.15) is 11.6 Å². The molecule has 0 saturated heterocycles. The van der Waals surface area contributed by atoms with E-state index in [2.05, 4.69) is 26.0 Å². The van der Waals surface area contributed by atoms with E-state index in [-0.39, 0.29) is 5.69 Å². The van der Waals surface area contributed by atoms with Gasteiger partial charge in [-0.05, 0) is 54.6 Å². The van der Waals surface area contributed by atoms with Crippen LogP contribution in [0, 0.1) is 19.7 Å². The van der Waals surface area contributed by atoms with E-state index in [0.717, 1.165) is 10.6 Å². The minimum absolute atomic E-state index is 0.0399. The monoisotopic (exact) mass is 424 g/mol. The van der Waals surface area contributed by atoms with Gasteiger partial charge in [-0.1, -0.05) is 17.3 Å². The number of hydrogen-bond donors (Lipinski definition) is 1. The van der Waals surface area contributed by atoms with Crippen LogP contribution in [-0.2, 0) is 5.75 Å². The van der Waals surface area contributed by atoms with Gasteiger partial charge in [-0.15, -0.1) is 16.9 Å². The molecular weight excluding hydrogens is 407 g/mol. The van der Waals surface area contributed by atoms with Gasteiger partial charge in [0.2, 0.25) is 0 Å². The second kappa shape index (κ2) is 8.46. The summed E-state index contributed by atoms with van der Waals surface area (Å²) in [6, 6.07) is 13.3. The largest absolute Gasteiger partial charge is 0.360 e. The topological polar surface area (TPSA) is 98.7 Å². The molecular formula is C20H17FN6O2S. The highest BCUT2D eigenvalue weighted by atomic mass is 32.2. The van der Waals surface area contributed by atoms with Crippen molar-refractivity contribution in [2.24, 2.45) is 0 Å². The maximum absolute atomic E-state index is 14.4. The van der Waals surface area contributed by atoms with Crippen LogP contribution in [-0.4, -0.2) is 31.3 Å². The van der Waals surface area contributed by atoms with E-state index in [1.807, 2.05) is 25.1 Å². The number of hydrogen-bond acceptors (Lipinski definition) is 7. The third-order valence-electron chi connectivity index (χ3n) is 4.25. The van der Waals surface area contributed by atoms with Crippen molar-refractivity contribution in [3.63, 3.8) is 0 Å². The fraction of sp³-hybridized carbons (Fsp3) is 0.150. The average Bonchev–Trinajstić information content (AvgIpc) is 3.36. The molecule has 0 spiro atoms. The van der Waals surface area contributed by atoms with Crippen LogP contribution in [0.2, 0.25) is 0 Å². The lowest BCUT2D eigenvalue weighted by Crippen LogP contribution is -2.14. The van der Waals surface area contributed by atoms with E-state index in [1.165, 1.54) is 34.6 Å². The van der Waals surface area contributed by atoms with Gasteiger partial charge in [-0.2, -0.15) is 4.68 Å². The molecule has 152 valence electrons. The predicted molar refractivity (Wildman–Crippen MR) is 109 cm³/mol. The first-order valence-corrected chi connectivity index (χ1v) is 10.00. The van der Waals surface area contributed by atoms with Crippen LogP contribution in [0.3, 0.4) is 0 Å². The number of amides is 1. The standard InChI is InChI=1S/C20H17FN6O2S/c1-12-9-15(29-24-12)11-30-19-6-4-3-5-16(19)20(28)22-18-10-14(7-8-17(18)21)27-13(2)23-25-26-27/h3-10H,11H2,1-2H3,(H,22,28). The lowest BCUT2D eigenvalue weighted by molar-refractivity contribution is 0.102. The molecule has 2 aromatic carbocycles. The van der Waals surface area contributed by atoms with Crippen LogP contribution in [0.15, 0.2) is 57.9 Å². The molecule has 2 heterocycles. The Morgan fingerprint density at radius 3 is 2.77 bits per heavy atom. The summed E-state index contributed by atoms with van der Waals surface area (Å²) < 4.78 is 21.0. The molecule has 0 aliphatic carbocycles. The summed E-state index contributed by atoms with van der Waals surface area (Å²) in [5.74, 6) is 0.802. The van der Waals surface area contributed by atoms with Crippen molar-refractivity contribution >= 4 is 23.4 Å². The number of tetrazole rings is 1. The van der Waals surface area contributed by atoms with Crippen molar-refractivity contribution in [2.75, 3.05) is 5.32 Å². The van der Waals surface area contributed by atoms with Gasteiger partial charge >= 0.3 is 0 Å². The Morgan fingerprint density at radius 1 is 1.20 bits per heavy atom. The molecule has 10 heteroatoms. The first-order valence-electron chi connectivity index (χ1n) is 9.01. The SMILES string of the molecule is Cc1cc(CSc2ccccc2C(=O)Nc2cc(-n3nnnc3C)ccc2F)on1. The zero-order valence-corrected chi connectivity index (χ0v) is 17.0. The van der Waals surface area contributed by atoms with E-state index in [9.17, 15) is 9.18 Å². The molecule has 30 heavy (non-hydrogen) atoms. The van der Waals surface area contributed by atoms with Crippen molar-refractivity contribution in [3.8, 4) is 5.69 Å². The van der Waals surface area contributed by atoms with Crippen molar-refractivity contribution < 1.29 is 13.7 Å². The lowest BCUT2D eigenvalue weighted by atomic mass is 10.2. The zero-order valence-electron chi connectivity index (χ0n) is 16.2. The molecule has 2 aromatic heterocycles. The normalized spacial score (nSPS) is 10.9. The maximum Gasteiger partial charge on any atom is 0.256 e. The number of benzene rings is 2. The Hall–Kier alpha value is -3.53. The van der Waals surface area contributed by atoms with Gasteiger partial charge in [-0.25, -0.2) is 4.39 Å². The molecule has 4 rings (SSSR count). The summed E-state index contributed by atoms with van der Waals surface area (Å²) in [4.78, 5) is 13.6. The third-order valence-corrected chi connectivity index (χ3v) is 5.34. The summed E-state index contributed by atoms with van der Waals surface area (Å²) in [6.45, 7) is 3.57. The number of aromatic nitrogens is 5. The summed E-state index contributed by atoms with van der Waals surface area (Å²) in [5.41, 5.74) is 1.81.